The predicted octanol–water partition coefficient (Wildman–Crippen LogP) is 3.58. The fraction of sp³-hybridized carbons (Fsp3) is 0.471. The molecular weight excluding hydrogens is 388 g/mol. The van der Waals surface area contributed by atoms with E-state index in [1.807, 2.05) is 10.7 Å². The fourth-order valence-electron chi connectivity index (χ4n) is 2.68. The summed E-state index contributed by atoms with van der Waals surface area (Å²) in [6.45, 7) is 6.31. The van der Waals surface area contributed by atoms with Crippen molar-refractivity contribution in [1.82, 2.24) is 14.7 Å². The molecule has 0 saturated carbocycles. The molecule has 0 bridgehead atoms. The average Bonchev–Trinajstić information content (AvgIpc) is 2.96. The smallest absolute Gasteiger partial charge is 0.320 e. The van der Waals surface area contributed by atoms with Gasteiger partial charge in [-0.05, 0) is 49.3 Å². The van der Waals surface area contributed by atoms with Crippen LogP contribution >= 0.6 is 35.3 Å². The lowest BCUT2D eigenvalue weighted by Crippen LogP contribution is -2.42. The van der Waals surface area contributed by atoms with Gasteiger partial charge in [-0.3, -0.25) is 9.69 Å². The van der Waals surface area contributed by atoms with E-state index in [0.717, 1.165) is 23.1 Å². The Bertz CT molecular complexity index is 849. The minimum Gasteiger partial charge on any atom is -0.468 e. The summed E-state index contributed by atoms with van der Waals surface area (Å²) in [6.07, 6.45) is 0. The Morgan fingerprint density at radius 2 is 2.23 bits per heavy atom. The summed E-state index contributed by atoms with van der Waals surface area (Å²) >= 11 is 8.56. The number of nitrogens with zero attached hydrogens (tertiary/aromatic N) is 3. The van der Waals surface area contributed by atoms with Crippen molar-refractivity contribution in [3.63, 3.8) is 0 Å². The zero-order valence-corrected chi connectivity index (χ0v) is 17.5. The highest BCUT2D eigenvalue weighted by atomic mass is 32.2. The number of rotatable bonds is 5. The van der Waals surface area contributed by atoms with Crippen LogP contribution in [-0.4, -0.2) is 51.9 Å². The van der Waals surface area contributed by atoms with Crippen LogP contribution in [0.25, 0.3) is 0 Å². The molecule has 0 spiro atoms. The van der Waals surface area contributed by atoms with Gasteiger partial charge in [-0.25, -0.2) is 4.68 Å². The van der Waals surface area contributed by atoms with Gasteiger partial charge in [0.2, 0.25) is 5.13 Å². The van der Waals surface area contributed by atoms with Crippen molar-refractivity contribution in [1.29, 1.82) is 0 Å². The van der Waals surface area contributed by atoms with Crippen molar-refractivity contribution in [2.75, 3.05) is 31.3 Å². The number of benzene rings is 1. The number of anilines is 2. The van der Waals surface area contributed by atoms with Crippen LogP contribution in [-0.2, 0) is 16.2 Å². The molecule has 3 rings (SSSR count). The largest absolute Gasteiger partial charge is 0.468 e. The molecule has 1 aromatic heterocycles. The van der Waals surface area contributed by atoms with Gasteiger partial charge < -0.3 is 10.1 Å². The SMILES string of the molecule is COC(=O)[C@H]1CN(Cn2nc(Nc3ccc(C)c(C)c3)sc2=S)CCS1. The highest BCUT2D eigenvalue weighted by Crippen LogP contribution is 2.24. The lowest BCUT2D eigenvalue weighted by atomic mass is 10.1. The van der Waals surface area contributed by atoms with E-state index >= 15 is 0 Å². The van der Waals surface area contributed by atoms with Gasteiger partial charge in [-0.2, -0.15) is 0 Å². The van der Waals surface area contributed by atoms with Crippen LogP contribution in [0.1, 0.15) is 11.1 Å². The number of hydrogen-bond donors (Lipinski definition) is 1. The molecule has 1 aliphatic rings. The quantitative estimate of drug-likeness (QED) is 0.597. The van der Waals surface area contributed by atoms with Crippen LogP contribution in [0.2, 0.25) is 0 Å². The third-order valence-corrected chi connectivity index (χ3v) is 6.70. The molecule has 9 heteroatoms. The van der Waals surface area contributed by atoms with Crippen molar-refractivity contribution in [3.8, 4) is 0 Å². The second-order valence-electron chi connectivity index (χ2n) is 6.20. The highest BCUT2D eigenvalue weighted by Gasteiger charge is 2.27. The van der Waals surface area contributed by atoms with E-state index in [0.29, 0.717) is 17.2 Å². The van der Waals surface area contributed by atoms with Crippen LogP contribution in [0.15, 0.2) is 18.2 Å². The lowest BCUT2D eigenvalue weighted by molar-refractivity contribution is -0.140. The Labute approximate surface area is 166 Å². The summed E-state index contributed by atoms with van der Waals surface area (Å²) in [5, 5.41) is 8.55. The molecule has 6 nitrogen and oxygen atoms in total. The van der Waals surface area contributed by atoms with Gasteiger partial charge in [-0.1, -0.05) is 17.4 Å². The molecule has 0 amide bonds. The van der Waals surface area contributed by atoms with Gasteiger partial charge in [-0.15, -0.1) is 16.9 Å². The number of ether oxygens (including phenoxy) is 1. The minimum absolute atomic E-state index is 0.144. The fourth-order valence-corrected chi connectivity index (χ4v) is 4.89. The normalized spacial score (nSPS) is 17.9. The van der Waals surface area contributed by atoms with Crippen molar-refractivity contribution in [2.24, 2.45) is 0 Å². The number of aromatic nitrogens is 2. The molecule has 2 heterocycles. The Balaban J connectivity index is 1.67. The molecule has 26 heavy (non-hydrogen) atoms. The summed E-state index contributed by atoms with van der Waals surface area (Å²) in [4.78, 5) is 14.0. The first-order valence-electron chi connectivity index (χ1n) is 8.30. The zero-order chi connectivity index (χ0) is 18.7. The molecule has 1 fully saturated rings. The monoisotopic (exact) mass is 410 g/mol. The first kappa shape index (κ1) is 19.3. The molecule has 0 aliphatic carbocycles. The summed E-state index contributed by atoms with van der Waals surface area (Å²) in [5.74, 6) is 0.726. The Morgan fingerprint density at radius 3 is 2.96 bits per heavy atom. The van der Waals surface area contributed by atoms with Gasteiger partial charge in [0.15, 0.2) is 3.95 Å². The summed E-state index contributed by atoms with van der Waals surface area (Å²) in [6, 6.07) is 6.24. The number of esters is 1. The number of carbonyl (C=O) groups excluding carboxylic acids is 1. The second kappa shape index (κ2) is 8.51. The van der Waals surface area contributed by atoms with Crippen LogP contribution < -0.4 is 5.32 Å². The molecule has 140 valence electrons. The minimum atomic E-state index is -0.168. The number of thioether (sulfide) groups is 1. The molecule has 0 radical (unpaired) electrons. The third-order valence-electron chi connectivity index (χ3n) is 4.31. The first-order valence-corrected chi connectivity index (χ1v) is 10.6. The molecule has 2 aromatic rings. The van der Waals surface area contributed by atoms with E-state index in [2.05, 4.69) is 41.3 Å². The molecule has 1 saturated heterocycles. The van der Waals surface area contributed by atoms with E-state index in [9.17, 15) is 4.79 Å². The molecule has 1 N–H and O–H groups in total. The summed E-state index contributed by atoms with van der Waals surface area (Å²) in [5.41, 5.74) is 3.50. The van der Waals surface area contributed by atoms with E-state index in [1.54, 1.807) is 11.8 Å². The van der Waals surface area contributed by atoms with Crippen molar-refractivity contribution < 1.29 is 9.53 Å². The van der Waals surface area contributed by atoms with Gasteiger partial charge >= 0.3 is 5.97 Å². The predicted molar refractivity (Wildman–Crippen MR) is 110 cm³/mol. The third kappa shape index (κ3) is 4.64. The Morgan fingerprint density at radius 1 is 1.42 bits per heavy atom. The van der Waals surface area contributed by atoms with Crippen molar-refractivity contribution in [3.05, 3.63) is 33.3 Å². The van der Waals surface area contributed by atoms with Crippen LogP contribution in [0.5, 0.6) is 0 Å². The Kier molecular flexibility index (Phi) is 6.33. The number of carbonyl (C=O) groups is 1. The first-order chi connectivity index (χ1) is 12.5. The maximum absolute atomic E-state index is 11.8. The van der Waals surface area contributed by atoms with E-state index in [4.69, 9.17) is 17.0 Å². The highest BCUT2D eigenvalue weighted by molar-refractivity contribution is 8.00. The summed E-state index contributed by atoms with van der Waals surface area (Å²) in [7, 11) is 1.43. The zero-order valence-electron chi connectivity index (χ0n) is 15.0. The lowest BCUT2D eigenvalue weighted by Gasteiger charge is -2.30. The average molecular weight is 411 g/mol. The number of hydrogen-bond acceptors (Lipinski definition) is 8. The molecule has 1 atom stereocenters. The van der Waals surface area contributed by atoms with E-state index < -0.39 is 0 Å². The van der Waals surface area contributed by atoms with Crippen LogP contribution in [0.4, 0.5) is 10.8 Å². The molecule has 0 unspecified atom stereocenters. The summed E-state index contributed by atoms with van der Waals surface area (Å²) < 4.78 is 7.39. The van der Waals surface area contributed by atoms with Crippen LogP contribution in [0.3, 0.4) is 0 Å². The van der Waals surface area contributed by atoms with E-state index in [1.165, 1.54) is 29.6 Å². The van der Waals surface area contributed by atoms with E-state index in [-0.39, 0.29) is 11.2 Å². The molecule has 1 aromatic carbocycles. The second-order valence-corrected chi connectivity index (χ2v) is 9.13. The van der Waals surface area contributed by atoms with Gasteiger partial charge in [0, 0.05) is 24.5 Å². The van der Waals surface area contributed by atoms with Gasteiger partial charge in [0.25, 0.3) is 0 Å². The van der Waals surface area contributed by atoms with Crippen LogP contribution in [0, 0.1) is 17.8 Å². The number of nitrogens with one attached hydrogen (secondary N) is 1. The molecular formula is C17H22N4O2S3. The number of aryl methyl sites for hydroxylation is 2. The Hall–Kier alpha value is -1.42. The van der Waals surface area contributed by atoms with Gasteiger partial charge in [0.1, 0.15) is 5.25 Å². The topological polar surface area (TPSA) is 59.4 Å². The maximum Gasteiger partial charge on any atom is 0.320 e. The standard InChI is InChI=1S/C17H22N4O2S3/c1-11-4-5-13(8-12(11)2)18-16-19-21(17(24)26-16)10-20-6-7-25-14(9-20)15(22)23-3/h4-5,8,14H,6-7,9-10H2,1-3H3,(H,18,19)/t14-/m1/s1. The molecule has 1 aliphatic heterocycles. The maximum atomic E-state index is 11.8. The van der Waals surface area contributed by atoms with Gasteiger partial charge in [0.05, 0.1) is 13.8 Å². The van der Waals surface area contributed by atoms with Crippen molar-refractivity contribution >= 4 is 52.1 Å². The number of methoxy groups -OCH3 is 1. The van der Waals surface area contributed by atoms with Crippen molar-refractivity contribution in [2.45, 2.75) is 25.8 Å².